The molecule has 0 radical (unpaired) electrons. The highest BCUT2D eigenvalue weighted by molar-refractivity contribution is 5.84. The van der Waals surface area contributed by atoms with Crippen LogP contribution >= 0.6 is 0 Å². The van der Waals surface area contributed by atoms with Gasteiger partial charge in [0.2, 0.25) is 0 Å². The number of esters is 2. The summed E-state index contributed by atoms with van der Waals surface area (Å²) in [5.41, 5.74) is 0. The van der Waals surface area contributed by atoms with E-state index in [0.717, 1.165) is 12.2 Å². The Hall–Kier alpha value is -1.36. The lowest BCUT2D eigenvalue weighted by Crippen LogP contribution is -2.34. The van der Waals surface area contributed by atoms with Crippen molar-refractivity contribution < 1.29 is 24.2 Å². The Morgan fingerprint density at radius 2 is 2.50 bits per heavy atom. The molecule has 1 rings (SSSR count). The van der Waals surface area contributed by atoms with Crippen molar-refractivity contribution in [3.63, 3.8) is 0 Å². The molecule has 0 aromatic rings. The number of carbonyl (C=O) groups excluding carboxylic acids is 2. The fourth-order valence-corrected chi connectivity index (χ4v) is 0.723. The van der Waals surface area contributed by atoms with Gasteiger partial charge in [-0.2, -0.15) is 0 Å². The molecule has 0 amide bonds. The van der Waals surface area contributed by atoms with E-state index in [-0.39, 0.29) is 6.61 Å². The molecule has 1 aliphatic rings. The smallest absolute Gasteiger partial charge is 0.333 e. The van der Waals surface area contributed by atoms with E-state index in [9.17, 15) is 14.7 Å². The first-order chi connectivity index (χ1) is 5.52. The van der Waals surface area contributed by atoms with Gasteiger partial charge in [-0.3, -0.25) is 4.79 Å². The molecular weight excluding hydrogens is 164 g/mol. The SMILES string of the molecule is CC(=O)OCC1(O)C=CC(=O)O1. The third kappa shape index (κ3) is 2.06. The van der Waals surface area contributed by atoms with Crippen molar-refractivity contribution in [1.29, 1.82) is 0 Å². The highest BCUT2D eigenvalue weighted by atomic mass is 16.7. The second-order valence-electron chi connectivity index (χ2n) is 2.38. The van der Waals surface area contributed by atoms with Crippen LogP contribution in [0.1, 0.15) is 6.92 Å². The first kappa shape index (κ1) is 8.73. The number of cyclic esters (lactones) is 1. The number of ether oxygens (including phenoxy) is 2. The lowest BCUT2D eigenvalue weighted by Gasteiger charge is -2.18. The minimum absolute atomic E-state index is 0.370. The van der Waals surface area contributed by atoms with Crippen LogP contribution in [-0.2, 0) is 19.1 Å². The molecule has 1 N–H and O–H groups in total. The van der Waals surface area contributed by atoms with E-state index in [2.05, 4.69) is 9.47 Å². The molecule has 0 bridgehead atoms. The molecule has 0 aromatic heterocycles. The van der Waals surface area contributed by atoms with E-state index in [0.29, 0.717) is 0 Å². The summed E-state index contributed by atoms with van der Waals surface area (Å²) in [5.74, 6) is -2.97. The third-order valence-corrected chi connectivity index (χ3v) is 1.24. The van der Waals surface area contributed by atoms with Gasteiger partial charge in [-0.05, 0) is 6.08 Å². The zero-order valence-corrected chi connectivity index (χ0v) is 6.44. The summed E-state index contributed by atoms with van der Waals surface area (Å²) in [6, 6.07) is 0. The average molecular weight is 172 g/mol. The maximum absolute atomic E-state index is 10.5. The van der Waals surface area contributed by atoms with Crippen LogP contribution in [0.2, 0.25) is 0 Å². The van der Waals surface area contributed by atoms with E-state index >= 15 is 0 Å². The second-order valence-corrected chi connectivity index (χ2v) is 2.38. The van der Waals surface area contributed by atoms with Crippen molar-refractivity contribution in [2.45, 2.75) is 12.7 Å². The molecule has 0 spiro atoms. The molecule has 1 atom stereocenters. The second kappa shape index (κ2) is 2.94. The normalized spacial score (nSPS) is 27.0. The van der Waals surface area contributed by atoms with E-state index in [4.69, 9.17) is 0 Å². The number of hydrogen-bond acceptors (Lipinski definition) is 5. The van der Waals surface area contributed by atoms with Gasteiger partial charge in [0.05, 0.1) is 0 Å². The molecule has 0 aromatic carbocycles. The van der Waals surface area contributed by atoms with Crippen LogP contribution in [0, 0.1) is 0 Å². The quantitative estimate of drug-likeness (QED) is 0.560. The topological polar surface area (TPSA) is 72.8 Å². The van der Waals surface area contributed by atoms with Gasteiger partial charge in [0.25, 0.3) is 5.79 Å². The fourth-order valence-electron chi connectivity index (χ4n) is 0.723. The number of hydrogen-bond donors (Lipinski definition) is 1. The van der Waals surface area contributed by atoms with Crippen LogP contribution in [0.4, 0.5) is 0 Å². The summed E-state index contributed by atoms with van der Waals surface area (Å²) < 4.78 is 8.89. The monoisotopic (exact) mass is 172 g/mol. The van der Waals surface area contributed by atoms with Crippen molar-refractivity contribution in [3.8, 4) is 0 Å². The molecule has 1 unspecified atom stereocenters. The van der Waals surface area contributed by atoms with Gasteiger partial charge in [0, 0.05) is 13.0 Å². The van der Waals surface area contributed by atoms with Crippen LogP contribution < -0.4 is 0 Å². The Morgan fingerprint density at radius 3 is 2.92 bits per heavy atom. The molecule has 0 fully saturated rings. The Morgan fingerprint density at radius 1 is 1.83 bits per heavy atom. The van der Waals surface area contributed by atoms with E-state index in [1.165, 1.54) is 6.92 Å². The summed E-state index contributed by atoms with van der Waals surface area (Å²) in [6.07, 6.45) is 2.21. The molecule has 0 saturated heterocycles. The molecule has 5 nitrogen and oxygen atoms in total. The minimum Gasteiger partial charge on any atom is -0.458 e. The molecule has 12 heavy (non-hydrogen) atoms. The highest BCUT2D eigenvalue weighted by Crippen LogP contribution is 2.16. The van der Waals surface area contributed by atoms with Crippen molar-refractivity contribution in [2.75, 3.05) is 6.61 Å². The van der Waals surface area contributed by atoms with Crippen molar-refractivity contribution in [1.82, 2.24) is 0 Å². The summed E-state index contributed by atoms with van der Waals surface area (Å²) >= 11 is 0. The fraction of sp³-hybridized carbons (Fsp3) is 0.429. The summed E-state index contributed by atoms with van der Waals surface area (Å²) in [4.78, 5) is 20.8. The Kier molecular flexibility index (Phi) is 2.14. The maximum atomic E-state index is 10.5. The lowest BCUT2D eigenvalue weighted by atomic mass is 10.3. The van der Waals surface area contributed by atoms with Gasteiger partial charge in [-0.1, -0.05) is 0 Å². The first-order valence-electron chi connectivity index (χ1n) is 3.30. The third-order valence-electron chi connectivity index (χ3n) is 1.24. The van der Waals surface area contributed by atoms with Crippen LogP contribution in [-0.4, -0.2) is 29.4 Å². The van der Waals surface area contributed by atoms with E-state index in [1.807, 2.05) is 0 Å². The maximum Gasteiger partial charge on any atom is 0.333 e. The molecule has 5 heteroatoms. The van der Waals surface area contributed by atoms with Gasteiger partial charge in [-0.15, -0.1) is 0 Å². The molecule has 66 valence electrons. The molecule has 1 heterocycles. The molecule has 0 aliphatic carbocycles. The average Bonchev–Trinajstić information content (AvgIpc) is 2.29. The van der Waals surface area contributed by atoms with E-state index < -0.39 is 17.7 Å². The van der Waals surface area contributed by atoms with Crippen LogP contribution in [0.5, 0.6) is 0 Å². The van der Waals surface area contributed by atoms with Gasteiger partial charge < -0.3 is 14.6 Å². The van der Waals surface area contributed by atoms with Crippen molar-refractivity contribution >= 4 is 11.9 Å². The largest absolute Gasteiger partial charge is 0.458 e. The Labute approximate surface area is 68.6 Å². The van der Waals surface area contributed by atoms with Gasteiger partial charge in [-0.25, -0.2) is 4.79 Å². The van der Waals surface area contributed by atoms with Crippen molar-refractivity contribution in [3.05, 3.63) is 12.2 Å². The van der Waals surface area contributed by atoms with Crippen LogP contribution in [0.15, 0.2) is 12.2 Å². The van der Waals surface area contributed by atoms with Crippen molar-refractivity contribution in [2.24, 2.45) is 0 Å². The summed E-state index contributed by atoms with van der Waals surface area (Å²) in [6.45, 7) is 0.828. The van der Waals surface area contributed by atoms with Gasteiger partial charge >= 0.3 is 11.9 Å². The highest BCUT2D eigenvalue weighted by Gasteiger charge is 2.34. The Balaban J connectivity index is 2.46. The molecule has 0 saturated carbocycles. The summed E-state index contributed by atoms with van der Waals surface area (Å²) in [7, 11) is 0. The zero-order chi connectivity index (χ0) is 9.19. The van der Waals surface area contributed by atoms with Crippen LogP contribution in [0.3, 0.4) is 0 Å². The standard InChI is InChI=1S/C7H8O5/c1-5(8)11-4-7(10)3-2-6(9)12-7/h2-3,10H,4H2,1H3. The first-order valence-corrected chi connectivity index (χ1v) is 3.30. The van der Waals surface area contributed by atoms with Crippen LogP contribution in [0.25, 0.3) is 0 Å². The van der Waals surface area contributed by atoms with E-state index in [1.54, 1.807) is 0 Å². The minimum atomic E-state index is -1.78. The number of rotatable bonds is 2. The Bertz CT molecular complexity index is 244. The number of aliphatic hydroxyl groups is 1. The summed E-state index contributed by atoms with van der Waals surface area (Å²) in [5, 5.41) is 9.30. The predicted molar refractivity (Wildman–Crippen MR) is 36.8 cm³/mol. The lowest BCUT2D eigenvalue weighted by molar-refractivity contribution is -0.197. The molecule has 1 aliphatic heterocycles. The zero-order valence-electron chi connectivity index (χ0n) is 6.44. The predicted octanol–water partition coefficient (Wildman–Crippen LogP) is -0.649. The van der Waals surface area contributed by atoms with Gasteiger partial charge in [0.15, 0.2) is 6.61 Å². The number of carbonyl (C=O) groups is 2. The molecular formula is C7H8O5. The van der Waals surface area contributed by atoms with Gasteiger partial charge in [0.1, 0.15) is 0 Å².